The van der Waals surface area contributed by atoms with Crippen molar-refractivity contribution in [1.29, 1.82) is 0 Å². The van der Waals surface area contributed by atoms with Crippen LogP contribution in [-0.4, -0.2) is 48.3 Å². The molecule has 0 aromatic heterocycles. The van der Waals surface area contributed by atoms with Gasteiger partial charge in [0.1, 0.15) is 0 Å². The zero-order valence-corrected chi connectivity index (χ0v) is 18.4. The van der Waals surface area contributed by atoms with Crippen LogP contribution in [0.3, 0.4) is 0 Å². The summed E-state index contributed by atoms with van der Waals surface area (Å²) in [4.78, 5) is 15.9. The van der Waals surface area contributed by atoms with E-state index in [-0.39, 0.29) is 42.5 Å². The van der Waals surface area contributed by atoms with E-state index in [0.29, 0.717) is 6.54 Å². The molecule has 3 aromatic carbocycles. The fraction of sp³-hybridized carbons (Fsp3) is 0.370. The quantitative estimate of drug-likeness (QED) is 0.628. The minimum Gasteiger partial charge on any atom is -0.396 e. The third kappa shape index (κ3) is 3.81. The van der Waals surface area contributed by atoms with Gasteiger partial charge in [0.15, 0.2) is 0 Å². The molecule has 2 aliphatic rings. The lowest BCUT2D eigenvalue weighted by Gasteiger charge is -2.28. The molecule has 1 amide bonds. The van der Waals surface area contributed by atoms with E-state index in [1.807, 2.05) is 42.5 Å². The van der Waals surface area contributed by atoms with E-state index in [1.165, 1.54) is 10.8 Å². The van der Waals surface area contributed by atoms with Crippen molar-refractivity contribution in [2.75, 3.05) is 20.3 Å². The fourth-order valence-electron chi connectivity index (χ4n) is 5.71. The van der Waals surface area contributed by atoms with Gasteiger partial charge in [-0.25, -0.2) is 0 Å². The van der Waals surface area contributed by atoms with Crippen LogP contribution >= 0.6 is 0 Å². The molecule has 0 unspecified atom stereocenters. The maximum atomic E-state index is 13.5. The Morgan fingerprint density at radius 1 is 1.06 bits per heavy atom. The van der Waals surface area contributed by atoms with Crippen LogP contribution in [-0.2, 0) is 16.1 Å². The molecule has 2 N–H and O–H groups in total. The number of hydrogen-bond donors (Lipinski definition) is 2. The van der Waals surface area contributed by atoms with Gasteiger partial charge in [-0.1, -0.05) is 66.7 Å². The predicted molar refractivity (Wildman–Crippen MR) is 125 cm³/mol. The number of rotatable bonds is 6. The van der Waals surface area contributed by atoms with Crippen molar-refractivity contribution >= 4 is 16.7 Å². The first-order valence-electron chi connectivity index (χ1n) is 11.4. The second kappa shape index (κ2) is 9.02. The Balaban J connectivity index is 1.49. The van der Waals surface area contributed by atoms with Crippen LogP contribution in [0.25, 0.3) is 10.8 Å². The van der Waals surface area contributed by atoms with Crippen molar-refractivity contribution in [3.8, 4) is 0 Å². The van der Waals surface area contributed by atoms with E-state index in [1.54, 1.807) is 7.11 Å². The van der Waals surface area contributed by atoms with Crippen molar-refractivity contribution in [2.24, 2.45) is 11.8 Å². The lowest BCUT2D eigenvalue weighted by Crippen LogP contribution is -2.39. The second-order valence-electron chi connectivity index (χ2n) is 8.98. The van der Waals surface area contributed by atoms with Crippen LogP contribution in [0.2, 0.25) is 0 Å². The summed E-state index contributed by atoms with van der Waals surface area (Å²) in [7, 11) is 1.75. The van der Waals surface area contributed by atoms with E-state index in [4.69, 9.17) is 4.74 Å². The van der Waals surface area contributed by atoms with Crippen molar-refractivity contribution in [2.45, 2.75) is 31.2 Å². The molecule has 2 aliphatic heterocycles. The molecule has 5 rings (SSSR count). The highest BCUT2D eigenvalue weighted by molar-refractivity contribution is 5.84. The molecule has 166 valence electrons. The highest BCUT2D eigenvalue weighted by Gasteiger charge is 2.55. The number of aliphatic hydroxyl groups is 1. The highest BCUT2D eigenvalue weighted by atomic mass is 16.5. The molecule has 5 nitrogen and oxygen atoms in total. The summed E-state index contributed by atoms with van der Waals surface area (Å²) in [6, 6.07) is 24.8. The number of methoxy groups -OCH3 is 1. The van der Waals surface area contributed by atoms with Crippen LogP contribution in [0.5, 0.6) is 0 Å². The molecule has 2 fully saturated rings. The average Bonchev–Trinajstić information content (AvgIpc) is 3.39. The van der Waals surface area contributed by atoms with E-state index in [9.17, 15) is 9.90 Å². The Hall–Kier alpha value is -2.73. The van der Waals surface area contributed by atoms with Crippen LogP contribution in [0.15, 0.2) is 72.8 Å². The lowest BCUT2D eigenvalue weighted by atomic mass is 9.82. The predicted octanol–water partition coefficient (Wildman–Crippen LogP) is 3.52. The monoisotopic (exact) mass is 430 g/mol. The Kier molecular flexibility index (Phi) is 5.96. The number of fused-ring (bicyclic) bond motifs is 2. The van der Waals surface area contributed by atoms with Crippen LogP contribution in [0, 0.1) is 11.8 Å². The van der Waals surface area contributed by atoms with Gasteiger partial charge >= 0.3 is 0 Å². The molecule has 5 heteroatoms. The number of carbonyl (C=O) groups excluding carboxylic acids is 1. The smallest absolute Gasteiger partial charge is 0.225 e. The fourth-order valence-corrected chi connectivity index (χ4v) is 5.71. The van der Waals surface area contributed by atoms with Crippen molar-refractivity contribution in [3.63, 3.8) is 0 Å². The van der Waals surface area contributed by atoms with Gasteiger partial charge in [0.25, 0.3) is 0 Å². The van der Waals surface area contributed by atoms with E-state index >= 15 is 0 Å². The molecule has 3 aromatic rings. The highest BCUT2D eigenvalue weighted by Crippen LogP contribution is 2.49. The number of aliphatic hydroxyl groups excluding tert-OH is 1. The topological polar surface area (TPSA) is 61.8 Å². The summed E-state index contributed by atoms with van der Waals surface area (Å²) >= 11 is 0. The maximum absolute atomic E-state index is 13.5. The minimum absolute atomic E-state index is 0.00873. The summed E-state index contributed by atoms with van der Waals surface area (Å²) in [6.45, 7) is 1.26. The summed E-state index contributed by atoms with van der Waals surface area (Å²) in [6.07, 6.45) is 0.971. The van der Waals surface area contributed by atoms with Gasteiger partial charge in [-0.05, 0) is 34.4 Å². The number of benzene rings is 3. The molecule has 0 bridgehead atoms. The lowest BCUT2D eigenvalue weighted by molar-refractivity contribution is -0.127. The molecular formula is C27H30N2O3. The van der Waals surface area contributed by atoms with E-state index in [2.05, 4.69) is 40.5 Å². The number of carbonyl (C=O) groups is 1. The Morgan fingerprint density at radius 2 is 1.81 bits per heavy atom. The number of amides is 1. The first kappa shape index (κ1) is 21.1. The number of hydrogen-bond acceptors (Lipinski definition) is 4. The SMILES string of the molecule is CO[C@@H]1C[C@@H]2[C@@H](CO)[C@@H](C(=O)NCc3ccccc3)[C@@H](c3ccc4ccccc4c3)N2C1. The first-order valence-corrected chi connectivity index (χ1v) is 11.4. The summed E-state index contributed by atoms with van der Waals surface area (Å²) < 4.78 is 5.67. The normalized spacial score (nSPS) is 27.5. The number of nitrogens with zero attached hydrogens (tertiary/aromatic N) is 1. The standard InChI is InChI=1S/C27H30N2O3/c1-32-22-14-24-23(17-30)25(27(31)28-15-18-7-3-2-4-8-18)26(29(24)16-22)21-12-11-19-9-5-6-10-20(19)13-21/h2-13,22-26,30H,14-17H2,1H3,(H,28,31)/t22-,23-,24-,25-,26-/m1/s1. The van der Waals surface area contributed by atoms with Crippen molar-refractivity contribution in [3.05, 3.63) is 83.9 Å². The third-order valence-electron chi connectivity index (χ3n) is 7.27. The van der Waals surface area contributed by atoms with Crippen molar-refractivity contribution < 1.29 is 14.6 Å². The zero-order chi connectivity index (χ0) is 22.1. The molecule has 2 saturated heterocycles. The van der Waals surface area contributed by atoms with Gasteiger partial charge < -0.3 is 15.2 Å². The van der Waals surface area contributed by atoms with Gasteiger partial charge in [-0.2, -0.15) is 0 Å². The average molecular weight is 431 g/mol. The van der Waals surface area contributed by atoms with Gasteiger partial charge in [0, 0.05) is 44.8 Å². The first-order chi connectivity index (χ1) is 15.7. The molecule has 5 atom stereocenters. The van der Waals surface area contributed by atoms with Gasteiger partial charge in [0.2, 0.25) is 5.91 Å². The van der Waals surface area contributed by atoms with Crippen molar-refractivity contribution in [1.82, 2.24) is 10.2 Å². The number of nitrogens with one attached hydrogen (secondary N) is 1. The van der Waals surface area contributed by atoms with E-state index in [0.717, 1.165) is 24.1 Å². The van der Waals surface area contributed by atoms with Crippen LogP contribution in [0.4, 0.5) is 0 Å². The van der Waals surface area contributed by atoms with Gasteiger partial charge in [0.05, 0.1) is 12.0 Å². The Bertz CT molecular complexity index is 1090. The second-order valence-corrected chi connectivity index (χ2v) is 8.98. The Morgan fingerprint density at radius 3 is 2.56 bits per heavy atom. The molecular weight excluding hydrogens is 400 g/mol. The van der Waals surface area contributed by atoms with Crippen LogP contribution in [0.1, 0.15) is 23.6 Å². The molecule has 0 spiro atoms. The third-order valence-corrected chi connectivity index (χ3v) is 7.27. The zero-order valence-electron chi connectivity index (χ0n) is 18.4. The molecule has 0 radical (unpaired) electrons. The van der Waals surface area contributed by atoms with Crippen LogP contribution < -0.4 is 5.32 Å². The van der Waals surface area contributed by atoms with Gasteiger partial charge in [-0.3, -0.25) is 9.69 Å². The summed E-state index contributed by atoms with van der Waals surface area (Å²) in [5.41, 5.74) is 2.20. The summed E-state index contributed by atoms with van der Waals surface area (Å²) in [5, 5.41) is 15.9. The molecule has 32 heavy (non-hydrogen) atoms. The molecule has 2 heterocycles. The van der Waals surface area contributed by atoms with E-state index < -0.39 is 0 Å². The molecule has 0 aliphatic carbocycles. The Labute approximate surface area is 189 Å². The number of ether oxygens (including phenoxy) is 1. The maximum Gasteiger partial charge on any atom is 0.225 e. The van der Waals surface area contributed by atoms with Gasteiger partial charge in [-0.15, -0.1) is 0 Å². The molecule has 0 saturated carbocycles. The largest absolute Gasteiger partial charge is 0.396 e. The summed E-state index contributed by atoms with van der Waals surface area (Å²) in [5.74, 6) is -0.426. The minimum atomic E-state index is -0.312.